The molecule has 0 aromatic carbocycles. The van der Waals surface area contributed by atoms with Crippen LogP contribution < -0.4 is 5.73 Å². The molecule has 0 aliphatic carbocycles. The number of hydrogen-bond acceptors (Lipinski definition) is 3. The highest BCUT2D eigenvalue weighted by atomic mass is 16.2. The van der Waals surface area contributed by atoms with E-state index in [4.69, 9.17) is 5.73 Å². The van der Waals surface area contributed by atoms with Crippen molar-refractivity contribution in [1.29, 1.82) is 0 Å². The second kappa shape index (κ2) is 4.37. The van der Waals surface area contributed by atoms with Gasteiger partial charge in [0.05, 0.1) is 0 Å². The van der Waals surface area contributed by atoms with Gasteiger partial charge in [0, 0.05) is 25.4 Å². The van der Waals surface area contributed by atoms with Gasteiger partial charge in [0.25, 0.3) is 0 Å². The Labute approximate surface area is 78.1 Å². The van der Waals surface area contributed by atoms with Crippen LogP contribution in [0.1, 0.15) is 32.6 Å². The molecule has 4 heteroatoms. The van der Waals surface area contributed by atoms with Crippen molar-refractivity contribution in [3.8, 4) is 0 Å². The molecule has 0 bridgehead atoms. The van der Waals surface area contributed by atoms with Crippen LogP contribution in [0.5, 0.6) is 0 Å². The van der Waals surface area contributed by atoms with Crippen molar-refractivity contribution in [2.24, 2.45) is 5.73 Å². The number of likely N-dealkylation sites (tertiary alicyclic amines) is 1. The molecule has 2 amide bonds. The van der Waals surface area contributed by atoms with Gasteiger partial charge in [-0.1, -0.05) is 0 Å². The Morgan fingerprint density at radius 3 is 2.15 bits per heavy atom. The fourth-order valence-corrected chi connectivity index (χ4v) is 1.45. The van der Waals surface area contributed by atoms with E-state index >= 15 is 0 Å². The van der Waals surface area contributed by atoms with E-state index in [0.29, 0.717) is 19.4 Å². The van der Waals surface area contributed by atoms with Gasteiger partial charge in [-0.25, -0.2) is 0 Å². The quantitative estimate of drug-likeness (QED) is 0.626. The first-order valence-corrected chi connectivity index (χ1v) is 4.70. The summed E-state index contributed by atoms with van der Waals surface area (Å²) in [5.41, 5.74) is 5.55. The summed E-state index contributed by atoms with van der Waals surface area (Å²) >= 11 is 0. The van der Waals surface area contributed by atoms with Crippen molar-refractivity contribution in [3.05, 3.63) is 0 Å². The number of imide groups is 1. The maximum Gasteiger partial charge on any atom is 0.229 e. The Morgan fingerprint density at radius 2 is 1.77 bits per heavy atom. The third-order valence-corrected chi connectivity index (χ3v) is 2.10. The van der Waals surface area contributed by atoms with E-state index in [1.165, 1.54) is 4.90 Å². The lowest BCUT2D eigenvalue weighted by Crippen LogP contribution is -2.42. The number of amides is 2. The highest BCUT2D eigenvalue weighted by molar-refractivity contribution is 5.96. The second-order valence-corrected chi connectivity index (χ2v) is 3.58. The van der Waals surface area contributed by atoms with E-state index in [1.54, 1.807) is 6.92 Å². The highest BCUT2D eigenvalue weighted by Gasteiger charge is 2.24. The number of carbonyl (C=O) groups is 2. The van der Waals surface area contributed by atoms with Crippen LogP contribution in [-0.4, -0.2) is 29.3 Å². The molecule has 1 heterocycles. The zero-order valence-electron chi connectivity index (χ0n) is 7.95. The molecule has 1 aliphatic heterocycles. The molecule has 1 aliphatic rings. The standard InChI is InChI=1S/C9H16N2O2/c1-7(10)6-11-8(12)4-2-3-5-9(11)13/h7H,2-6,10H2,1H3/t7-/m1/s1. The normalized spacial score (nSPS) is 21.5. The fourth-order valence-electron chi connectivity index (χ4n) is 1.45. The summed E-state index contributed by atoms with van der Waals surface area (Å²) in [6, 6.07) is -0.133. The molecular formula is C9H16N2O2. The molecule has 1 rings (SSSR count). The molecule has 0 unspecified atom stereocenters. The van der Waals surface area contributed by atoms with E-state index in [2.05, 4.69) is 0 Å². The van der Waals surface area contributed by atoms with Crippen molar-refractivity contribution < 1.29 is 9.59 Å². The Bertz CT molecular complexity index is 196. The first-order chi connectivity index (χ1) is 6.11. The summed E-state index contributed by atoms with van der Waals surface area (Å²) in [5.74, 6) is -0.139. The lowest BCUT2D eigenvalue weighted by molar-refractivity contribution is -0.144. The summed E-state index contributed by atoms with van der Waals surface area (Å²) in [6.45, 7) is 2.16. The monoisotopic (exact) mass is 184 g/mol. The maximum atomic E-state index is 11.4. The van der Waals surface area contributed by atoms with Gasteiger partial charge in [0.15, 0.2) is 0 Å². The molecule has 2 N–H and O–H groups in total. The first-order valence-electron chi connectivity index (χ1n) is 4.70. The van der Waals surface area contributed by atoms with Gasteiger partial charge in [-0.05, 0) is 19.8 Å². The smallest absolute Gasteiger partial charge is 0.229 e. The van der Waals surface area contributed by atoms with E-state index in [1.807, 2.05) is 0 Å². The largest absolute Gasteiger partial charge is 0.326 e. The highest BCUT2D eigenvalue weighted by Crippen LogP contribution is 2.12. The van der Waals surface area contributed by atoms with E-state index in [9.17, 15) is 9.59 Å². The first kappa shape index (κ1) is 10.2. The summed E-state index contributed by atoms with van der Waals surface area (Å²) in [4.78, 5) is 24.1. The van der Waals surface area contributed by atoms with Gasteiger partial charge in [-0.3, -0.25) is 14.5 Å². The molecule has 0 spiro atoms. The molecule has 0 aromatic heterocycles. The van der Waals surface area contributed by atoms with Crippen LogP contribution >= 0.6 is 0 Å². The molecule has 0 radical (unpaired) electrons. The molecular weight excluding hydrogens is 168 g/mol. The van der Waals surface area contributed by atoms with Crippen molar-refractivity contribution in [2.75, 3.05) is 6.54 Å². The zero-order valence-corrected chi connectivity index (χ0v) is 7.95. The molecule has 1 saturated heterocycles. The second-order valence-electron chi connectivity index (χ2n) is 3.58. The van der Waals surface area contributed by atoms with Crippen LogP contribution in [0.2, 0.25) is 0 Å². The van der Waals surface area contributed by atoms with Gasteiger partial charge in [-0.15, -0.1) is 0 Å². The number of rotatable bonds is 2. The fraction of sp³-hybridized carbons (Fsp3) is 0.778. The Balaban J connectivity index is 2.63. The summed E-state index contributed by atoms with van der Waals surface area (Å²) in [6.07, 6.45) is 2.61. The third kappa shape index (κ3) is 2.81. The third-order valence-electron chi connectivity index (χ3n) is 2.10. The minimum absolute atomic E-state index is 0.0696. The van der Waals surface area contributed by atoms with Gasteiger partial charge < -0.3 is 5.73 Å². The zero-order chi connectivity index (χ0) is 9.84. The lowest BCUT2D eigenvalue weighted by Gasteiger charge is -2.20. The van der Waals surface area contributed by atoms with Crippen LogP contribution in [0, 0.1) is 0 Å². The average molecular weight is 184 g/mol. The number of hydrogen-bond donors (Lipinski definition) is 1. The molecule has 74 valence electrons. The van der Waals surface area contributed by atoms with Crippen LogP contribution in [-0.2, 0) is 9.59 Å². The molecule has 0 aromatic rings. The summed E-state index contributed by atoms with van der Waals surface area (Å²) < 4.78 is 0. The Morgan fingerprint density at radius 1 is 1.31 bits per heavy atom. The minimum atomic E-state index is -0.133. The van der Waals surface area contributed by atoms with Gasteiger partial charge in [-0.2, -0.15) is 0 Å². The van der Waals surface area contributed by atoms with Crippen molar-refractivity contribution in [2.45, 2.75) is 38.6 Å². The van der Waals surface area contributed by atoms with Crippen molar-refractivity contribution in [3.63, 3.8) is 0 Å². The summed E-state index contributed by atoms with van der Waals surface area (Å²) in [5, 5.41) is 0. The van der Waals surface area contributed by atoms with Gasteiger partial charge >= 0.3 is 0 Å². The SMILES string of the molecule is C[C@@H](N)CN1C(=O)CCCCC1=O. The topological polar surface area (TPSA) is 63.4 Å². The molecule has 1 atom stereocenters. The maximum absolute atomic E-state index is 11.4. The predicted molar refractivity (Wildman–Crippen MR) is 48.8 cm³/mol. The van der Waals surface area contributed by atoms with E-state index in [-0.39, 0.29) is 17.9 Å². The lowest BCUT2D eigenvalue weighted by atomic mass is 10.2. The molecule has 4 nitrogen and oxygen atoms in total. The number of carbonyl (C=O) groups excluding carboxylic acids is 2. The molecule has 13 heavy (non-hydrogen) atoms. The van der Waals surface area contributed by atoms with Gasteiger partial charge in [0.2, 0.25) is 11.8 Å². The Kier molecular flexibility index (Phi) is 3.42. The minimum Gasteiger partial charge on any atom is -0.326 e. The van der Waals surface area contributed by atoms with Crippen LogP contribution in [0.15, 0.2) is 0 Å². The number of nitrogens with two attached hydrogens (primary N) is 1. The van der Waals surface area contributed by atoms with Crippen molar-refractivity contribution >= 4 is 11.8 Å². The predicted octanol–water partition coefficient (Wildman–Crippen LogP) is 0.263. The van der Waals surface area contributed by atoms with E-state index in [0.717, 1.165) is 12.8 Å². The number of nitrogens with zero attached hydrogens (tertiary/aromatic N) is 1. The Hall–Kier alpha value is -0.900. The van der Waals surface area contributed by atoms with Gasteiger partial charge in [0.1, 0.15) is 0 Å². The summed E-state index contributed by atoms with van der Waals surface area (Å²) in [7, 11) is 0. The average Bonchev–Trinajstić information content (AvgIpc) is 2.18. The van der Waals surface area contributed by atoms with E-state index < -0.39 is 0 Å². The molecule has 0 saturated carbocycles. The van der Waals surface area contributed by atoms with Crippen LogP contribution in [0.3, 0.4) is 0 Å². The van der Waals surface area contributed by atoms with Crippen LogP contribution in [0.4, 0.5) is 0 Å². The molecule has 1 fully saturated rings. The van der Waals surface area contributed by atoms with Crippen molar-refractivity contribution in [1.82, 2.24) is 4.90 Å². The van der Waals surface area contributed by atoms with Crippen LogP contribution in [0.25, 0.3) is 0 Å².